The van der Waals surface area contributed by atoms with Crippen LogP contribution < -0.4 is 14.8 Å². The molecule has 2 heterocycles. The van der Waals surface area contributed by atoms with Crippen molar-refractivity contribution < 1.29 is 50.5 Å². The number of amides is 1. The van der Waals surface area contributed by atoms with E-state index in [4.69, 9.17) is 14.6 Å². The molecule has 8 nitrogen and oxygen atoms in total. The van der Waals surface area contributed by atoms with Crippen molar-refractivity contribution in [1.29, 1.82) is 0 Å². The molecule has 3 rings (SSSR count). The van der Waals surface area contributed by atoms with Gasteiger partial charge in [0, 0.05) is 38.8 Å². The Hall–Kier alpha value is -3.46. The van der Waals surface area contributed by atoms with Gasteiger partial charge in [-0.05, 0) is 24.2 Å². The normalized spacial score (nSPS) is 12.6. The molecule has 2 N–H and O–H groups in total. The second-order valence-electron chi connectivity index (χ2n) is 9.11. The van der Waals surface area contributed by atoms with Crippen LogP contribution in [0, 0.1) is 0 Å². The van der Waals surface area contributed by atoms with E-state index in [2.05, 4.69) is 29.4 Å². The molecule has 0 saturated carbocycles. The summed E-state index contributed by atoms with van der Waals surface area (Å²) in [6.45, 7) is 6.47. The molecule has 0 unspecified atom stereocenters. The van der Waals surface area contributed by atoms with E-state index in [9.17, 15) is 31.1 Å². The minimum Gasteiger partial charge on any atom is -0.465 e. The van der Waals surface area contributed by atoms with Gasteiger partial charge in [-0.3, -0.25) is 5.32 Å². The molecule has 0 radical (unpaired) electrons. The van der Waals surface area contributed by atoms with Crippen LogP contribution in [0.2, 0.25) is 25.7 Å². The molecule has 1 amide bonds. The molecule has 0 aliphatic heterocycles. The number of rotatable bonds is 9. The van der Waals surface area contributed by atoms with Crippen molar-refractivity contribution >= 4 is 30.9 Å². The first-order valence-electron chi connectivity index (χ1n) is 10.7. The first kappa shape index (κ1) is 28.1. The number of nitrogens with one attached hydrogen (secondary N) is 1. The molecule has 0 atom stereocenters. The molecule has 15 heteroatoms. The Balaban J connectivity index is 2.03. The van der Waals surface area contributed by atoms with Gasteiger partial charge in [-0.25, -0.2) is 9.78 Å². The molecule has 3 aromatic rings. The van der Waals surface area contributed by atoms with Gasteiger partial charge in [0.2, 0.25) is 0 Å². The molecule has 0 aliphatic rings. The van der Waals surface area contributed by atoms with Crippen LogP contribution in [-0.2, 0) is 17.6 Å². The second-order valence-corrected chi connectivity index (χ2v) is 14.7. The minimum atomic E-state index is -5.19. The van der Waals surface area contributed by atoms with Crippen LogP contribution in [0.3, 0.4) is 0 Å². The van der Waals surface area contributed by atoms with E-state index in [1.54, 1.807) is 0 Å². The average molecular weight is 552 g/mol. The maximum absolute atomic E-state index is 13.9. The van der Waals surface area contributed by atoms with Crippen molar-refractivity contribution in [3.63, 3.8) is 0 Å². The van der Waals surface area contributed by atoms with Crippen molar-refractivity contribution in [2.45, 2.75) is 45.0 Å². The summed E-state index contributed by atoms with van der Waals surface area (Å²) < 4.78 is 96.7. The molecule has 37 heavy (non-hydrogen) atoms. The number of alkyl halides is 6. The number of fused-ring (bicyclic) bond motifs is 1. The zero-order chi connectivity index (χ0) is 27.6. The summed E-state index contributed by atoms with van der Waals surface area (Å²) in [5.74, 6) is -2.01. The Bertz CT molecular complexity index is 1270. The number of benzene rings is 1. The molecule has 0 saturated heterocycles. The van der Waals surface area contributed by atoms with Gasteiger partial charge < -0.3 is 23.9 Å². The van der Waals surface area contributed by atoms with Crippen LogP contribution in [0.5, 0.6) is 17.2 Å². The van der Waals surface area contributed by atoms with E-state index in [0.29, 0.717) is 12.7 Å². The van der Waals surface area contributed by atoms with Crippen LogP contribution in [0.15, 0.2) is 36.7 Å². The topological polar surface area (TPSA) is 94.8 Å². The van der Waals surface area contributed by atoms with Gasteiger partial charge >= 0.3 is 18.6 Å². The minimum absolute atomic E-state index is 0.153. The Morgan fingerprint density at radius 3 is 2.38 bits per heavy atom. The highest BCUT2D eigenvalue weighted by atomic mass is 28.3. The van der Waals surface area contributed by atoms with E-state index < -0.39 is 54.9 Å². The Morgan fingerprint density at radius 2 is 1.78 bits per heavy atom. The zero-order valence-electron chi connectivity index (χ0n) is 19.8. The largest absolute Gasteiger partial charge is 0.573 e. The highest BCUT2D eigenvalue weighted by Crippen LogP contribution is 2.43. The Kier molecular flexibility index (Phi) is 7.97. The number of halogens is 6. The first-order chi connectivity index (χ1) is 17.0. The number of carbonyl (C=O) groups is 1. The molecule has 0 fully saturated rings. The average Bonchev–Trinajstić information content (AvgIpc) is 3.11. The summed E-state index contributed by atoms with van der Waals surface area (Å²) >= 11 is 0. The molecular formula is C22H23F6N3O5Si. The Labute approximate surface area is 207 Å². The fourth-order valence-corrected chi connectivity index (χ4v) is 4.00. The van der Waals surface area contributed by atoms with Gasteiger partial charge in [0.1, 0.15) is 18.1 Å². The van der Waals surface area contributed by atoms with E-state index in [-0.39, 0.29) is 18.1 Å². The van der Waals surface area contributed by atoms with E-state index in [1.807, 2.05) is 5.32 Å². The molecule has 0 spiro atoms. The smallest absolute Gasteiger partial charge is 0.465 e. The number of carboxylic acid groups (broad SMARTS) is 1. The summed E-state index contributed by atoms with van der Waals surface area (Å²) in [7, 11) is -1.44. The van der Waals surface area contributed by atoms with E-state index >= 15 is 0 Å². The van der Waals surface area contributed by atoms with Crippen LogP contribution in [-0.4, -0.2) is 41.8 Å². The van der Waals surface area contributed by atoms with Crippen molar-refractivity contribution in [2.24, 2.45) is 0 Å². The van der Waals surface area contributed by atoms with Crippen molar-refractivity contribution in [3.05, 3.63) is 42.2 Å². The highest BCUT2D eigenvalue weighted by molar-refractivity contribution is 6.76. The Morgan fingerprint density at radius 1 is 1.08 bits per heavy atom. The summed E-state index contributed by atoms with van der Waals surface area (Å²) in [6.07, 6.45) is -9.65. The zero-order valence-corrected chi connectivity index (χ0v) is 20.8. The molecule has 1 aromatic carbocycles. The standard InChI is InChI=1S/C22H23F6N3O5Si/c1-37(2,3)9-8-34-12-31-11-14(21(23,24)25)18-16(6-7-29-19(18)31)35-15-5-4-13(30-20(32)33)10-17(15)36-22(26,27)28/h4-7,10-11,30H,8-9,12H2,1-3H3,(H,32,33). The van der Waals surface area contributed by atoms with Crippen molar-refractivity contribution in [3.8, 4) is 17.2 Å². The van der Waals surface area contributed by atoms with Gasteiger partial charge in [-0.15, -0.1) is 13.2 Å². The third-order valence-corrected chi connectivity index (χ3v) is 6.60. The number of pyridine rings is 1. The van der Waals surface area contributed by atoms with Gasteiger partial charge in [0.05, 0.1) is 10.9 Å². The summed E-state index contributed by atoms with van der Waals surface area (Å²) in [5.41, 5.74) is -1.56. The van der Waals surface area contributed by atoms with Crippen molar-refractivity contribution in [2.75, 3.05) is 11.9 Å². The van der Waals surface area contributed by atoms with Gasteiger partial charge in [-0.2, -0.15) is 13.2 Å². The van der Waals surface area contributed by atoms with Gasteiger partial charge in [-0.1, -0.05) is 19.6 Å². The number of anilines is 1. The lowest BCUT2D eigenvalue weighted by Crippen LogP contribution is -2.22. The monoisotopic (exact) mass is 551 g/mol. The highest BCUT2D eigenvalue weighted by Gasteiger charge is 2.37. The fourth-order valence-electron chi connectivity index (χ4n) is 3.24. The summed E-state index contributed by atoms with van der Waals surface area (Å²) in [4.78, 5) is 14.8. The molecule has 0 bridgehead atoms. The lowest BCUT2D eigenvalue weighted by molar-refractivity contribution is -0.275. The third-order valence-electron chi connectivity index (χ3n) is 4.89. The van der Waals surface area contributed by atoms with E-state index in [1.165, 1.54) is 0 Å². The quantitative estimate of drug-likeness (QED) is 0.167. The predicted molar refractivity (Wildman–Crippen MR) is 124 cm³/mol. The van der Waals surface area contributed by atoms with Crippen LogP contribution >= 0.6 is 0 Å². The second kappa shape index (κ2) is 10.5. The molecular weight excluding hydrogens is 528 g/mol. The van der Waals surface area contributed by atoms with Crippen LogP contribution in [0.1, 0.15) is 5.56 Å². The molecule has 202 valence electrons. The number of ether oxygens (including phenoxy) is 3. The maximum Gasteiger partial charge on any atom is 0.573 e. The first-order valence-corrected chi connectivity index (χ1v) is 14.4. The predicted octanol–water partition coefficient (Wildman–Crippen LogP) is 7.15. The SMILES string of the molecule is C[Si](C)(C)CCOCn1cc(C(F)(F)F)c2c(Oc3ccc(NC(=O)O)cc3OC(F)(F)F)ccnc21. The van der Waals surface area contributed by atoms with Gasteiger partial charge in [0.25, 0.3) is 0 Å². The number of hydrogen-bond acceptors (Lipinski definition) is 5. The number of aromatic nitrogens is 2. The van der Waals surface area contributed by atoms with Crippen LogP contribution in [0.25, 0.3) is 11.0 Å². The maximum atomic E-state index is 13.9. The van der Waals surface area contributed by atoms with Crippen LogP contribution in [0.4, 0.5) is 36.8 Å². The summed E-state index contributed by atoms with van der Waals surface area (Å²) in [6, 6.07) is 4.54. The summed E-state index contributed by atoms with van der Waals surface area (Å²) in [5, 5.41) is 10.2. The number of hydrogen-bond donors (Lipinski definition) is 2. The van der Waals surface area contributed by atoms with Crippen molar-refractivity contribution in [1.82, 2.24) is 9.55 Å². The molecule has 0 aliphatic carbocycles. The lowest BCUT2D eigenvalue weighted by Gasteiger charge is -2.16. The third kappa shape index (κ3) is 7.76. The lowest BCUT2D eigenvalue weighted by atomic mass is 10.2. The number of nitrogens with zero attached hydrogens (tertiary/aromatic N) is 2. The fraction of sp³-hybridized carbons (Fsp3) is 0.364. The van der Waals surface area contributed by atoms with Gasteiger partial charge in [0.15, 0.2) is 11.5 Å². The van der Waals surface area contributed by atoms with E-state index in [0.717, 1.165) is 41.2 Å². The molecule has 2 aromatic heterocycles.